The van der Waals surface area contributed by atoms with Gasteiger partial charge in [-0.2, -0.15) is 0 Å². The third-order valence-corrected chi connectivity index (χ3v) is 6.10. The number of aryl methyl sites for hydroxylation is 1. The quantitative estimate of drug-likeness (QED) is 0.779. The molecule has 0 radical (unpaired) electrons. The number of rotatable bonds is 2. The molecule has 29 heavy (non-hydrogen) atoms. The molecule has 5 rings (SSSR count). The van der Waals surface area contributed by atoms with Crippen molar-refractivity contribution in [1.29, 1.82) is 0 Å². The van der Waals surface area contributed by atoms with Gasteiger partial charge in [0.2, 0.25) is 5.95 Å². The molecule has 4 heterocycles. The van der Waals surface area contributed by atoms with Crippen LogP contribution in [-0.4, -0.2) is 59.4 Å². The molecule has 0 N–H and O–H groups in total. The lowest BCUT2D eigenvalue weighted by molar-refractivity contribution is -0.181. The average molecular weight is 394 g/mol. The van der Waals surface area contributed by atoms with Gasteiger partial charge < -0.3 is 19.3 Å². The summed E-state index contributed by atoms with van der Waals surface area (Å²) in [4.78, 5) is 26.4. The molecule has 7 heteroatoms. The fraction of sp³-hybridized carbons (Fsp3) is 0.500. The summed E-state index contributed by atoms with van der Waals surface area (Å²) in [6.07, 6.45) is 2.38. The van der Waals surface area contributed by atoms with Gasteiger partial charge in [-0.3, -0.25) is 4.79 Å². The summed E-state index contributed by atoms with van der Waals surface area (Å²) in [6, 6.07) is 10.3. The second kappa shape index (κ2) is 7.39. The van der Waals surface area contributed by atoms with E-state index in [1.54, 1.807) is 6.07 Å². The second-order valence-electron chi connectivity index (χ2n) is 8.03. The van der Waals surface area contributed by atoms with Crippen molar-refractivity contribution in [2.24, 2.45) is 0 Å². The number of hydrogen-bond donors (Lipinski definition) is 0. The highest BCUT2D eigenvalue weighted by Gasteiger charge is 2.41. The van der Waals surface area contributed by atoms with E-state index >= 15 is 0 Å². The number of hydrogen-bond acceptors (Lipinski definition) is 6. The SMILES string of the molecule is Cc1cc(C(=O)N2CCC3(CC2)OCCO3)nc(N2CCc3ccccc3C2)n1. The van der Waals surface area contributed by atoms with E-state index in [4.69, 9.17) is 9.47 Å². The Balaban J connectivity index is 1.33. The summed E-state index contributed by atoms with van der Waals surface area (Å²) in [5, 5.41) is 0. The van der Waals surface area contributed by atoms with Crippen molar-refractivity contribution in [3.05, 3.63) is 52.8 Å². The van der Waals surface area contributed by atoms with Gasteiger partial charge in [0.05, 0.1) is 13.2 Å². The summed E-state index contributed by atoms with van der Waals surface area (Å²) in [5.74, 6) is 0.117. The maximum Gasteiger partial charge on any atom is 0.272 e. The summed E-state index contributed by atoms with van der Waals surface area (Å²) in [6.45, 7) is 6.07. The average Bonchev–Trinajstić information content (AvgIpc) is 3.21. The smallest absolute Gasteiger partial charge is 0.272 e. The topological polar surface area (TPSA) is 67.8 Å². The predicted molar refractivity (Wildman–Crippen MR) is 108 cm³/mol. The van der Waals surface area contributed by atoms with E-state index in [0.717, 1.165) is 25.2 Å². The third kappa shape index (κ3) is 3.60. The van der Waals surface area contributed by atoms with Gasteiger partial charge in [-0.1, -0.05) is 24.3 Å². The first-order valence-corrected chi connectivity index (χ1v) is 10.4. The van der Waals surface area contributed by atoms with E-state index in [2.05, 4.69) is 39.1 Å². The first kappa shape index (κ1) is 18.5. The monoisotopic (exact) mass is 394 g/mol. The molecule has 1 amide bonds. The van der Waals surface area contributed by atoms with Gasteiger partial charge in [0.15, 0.2) is 5.79 Å². The van der Waals surface area contributed by atoms with Crippen LogP contribution in [0.3, 0.4) is 0 Å². The zero-order chi connectivity index (χ0) is 19.8. The van der Waals surface area contributed by atoms with E-state index < -0.39 is 5.79 Å². The lowest BCUT2D eigenvalue weighted by atomic mass is 10.0. The number of ether oxygens (including phenoxy) is 2. The molecule has 2 saturated heterocycles. The zero-order valence-electron chi connectivity index (χ0n) is 16.8. The van der Waals surface area contributed by atoms with Gasteiger partial charge in [-0.05, 0) is 30.5 Å². The minimum Gasteiger partial charge on any atom is -0.347 e. The van der Waals surface area contributed by atoms with Crippen LogP contribution < -0.4 is 4.90 Å². The minimum absolute atomic E-state index is 0.0398. The molecular weight excluding hydrogens is 368 g/mol. The van der Waals surface area contributed by atoms with Crippen molar-refractivity contribution < 1.29 is 14.3 Å². The second-order valence-corrected chi connectivity index (χ2v) is 8.03. The molecule has 1 aromatic carbocycles. The van der Waals surface area contributed by atoms with Gasteiger partial charge >= 0.3 is 0 Å². The predicted octanol–water partition coefficient (Wildman–Crippen LogP) is 2.33. The molecule has 2 aromatic rings. The molecule has 3 aliphatic rings. The lowest BCUT2D eigenvalue weighted by Crippen LogP contribution is -2.47. The molecular formula is C22H26N4O3. The van der Waals surface area contributed by atoms with E-state index in [1.165, 1.54) is 11.1 Å². The number of aromatic nitrogens is 2. The van der Waals surface area contributed by atoms with Crippen molar-refractivity contribution in [2.45, 2.75) is 38.5 Å². The molecule has 2 fully saturated rings. The Morgan fingerprint density at radius 2 is 1.76 bits per heavy atom. The lowest BCUT2D eigenvalue weighted by Gasteiger charge is -2.37. The Kier molecular flexibility index (Phi) is 4.72. The number of fused-ring (bicyclic) bond motifs is 1. The number of piperidine rings is 1. The largest absolute Gasteiger partial charge is 0.347 e. The Morgan fingerprint density at radius 1 is 1.03 bits per heavy atom. The molecule has 1 spiro atoms. The highest BCUT2D eigenvalue weighted by molar-refractivity contribution is 5.92. The summed E-state index contributed by atoms with van der Waals surface area (Å²) in [7, 11) is 0. The first-order chi connectivity index (χ1) is 14.1. The standard InChI is InChI=1S/C22H26N4O3/c1-16-14-19(20(27)25-10-7-22(8-11-25)28-12-13-29-22)24-21(23-16)26-9-6-17-4-2-3-5-18(17)15-26/h2-5,14H,6-13,15H2,1H3. The number of carbonyl (C=O) groups excluding carboxylic acids is 1. The van der Waals surface area contributed by atoms with Gasteiger partial charge in [0, 0.05) is 44.7 Å². The Hall–Kier alpha value is -2.51. The van der Waals surface area contributed by atoms with Crippen LogP contribution in [-0.2, 0) is 22.4 Å². The highest BCUT2D eigenvalue weighted by Crippen LogP contribution is 2.32. The van der Waals surface area contributed by atoms with Crippen molar-refractivity contribution in [1.82, 2.24) is 14.9 Å². The normalized spacial score (nSPS) is 20.7. The molecule has 3 aliphatic heterocycles. The van der Waals surface area contributed by atoms with Crippen LogP contribution in [0.2, 0.25) is 0 Å². The molecule has 0 aliphatic carbocycles. The van der Waals surface area contributed by atoms with Gasteiger partial charge in [-0.15, -0.1) is 0 Å². The number of likely N-dealkylation sites (tertiary alicyclic amines) is 1. The fourth-order valence-electron chi connectivity index (χ4n) is 4.47. The van der Waals surface area contributed by atoms with Gasteiger partial charge in [0.1, 0.15) is 5.69 Å². The van der Waals surface area contributed by atoms with E-state index in [1.807, 2.05) is 11.8 Å². The maximum absolute atomic E-state index is 13.1. The summed E-state index contributed by atoms with van der Waals surface area (Å²) in [5.41, 5.74) is 3.96. The molecule has 1 aromatic heterocycles. The number of carbonyl (C=O) groups is 1. The number of anilines is 1. The first-order valence-electron chi connectivity index (χ1n) is 10.4. The Labute approximate surface area is 170 Å². The molecule has 152 valence electrons. The highest BCUT2D eigenvalue weighted by atomic mass is 16.7. The molecule has 7 nitrogen and oxygen atoms in total. The van der Waals surface area contributed by atoms with Crippen LogP contribution in [0.15, 0.2) is 30.3 Å². The molecule has 0 atom stereocenters. The van der Waals surface area contributed by atoms with Crippen molar-refractivity contribution >= 4 is 11.9 Å². The third-order valence-electron chi connectivity index (χ3n) is 6.10. The number of amides is 1. The van der Waals surface area contributed by atoms with Crippen LogP contribution in [0.5, 0.6) is 0 Å². The maximum atomic E-state index is 13.1. The van der Waals surface area contributed by atoms with Crippen molar-refractivity contribution in [2.75, 3.05) is 37.7 Å². The Morgan fingerprint density at radius 3 is 2.52 bits per heavy atom. The molecule has 0 saturated carbocycles. The summed E-state index contributed by atoms with van der Waals surface area (Å²) < 4.78 is 11.5. The van der Waals surface area contributed by atoms with E-state index in [0.29, 0.717) is 50.8 Å². The van der Waals surface area contributed by atoms with E-state index in [9.17, 15) is 4.79 Å². The minimum atomic E-state index is -0.481. The number of nitrogens with zero attached hydrogens (tertiary/aromatic N) is 4. The molecule has 0 unspecified atom stereocenters. The van der Waals surface area contributed by atoms with Gasteiger partial charge in [0.25, 0.3) is 5.91 Å². The molecule has 0 bridgehead atoms. The van der Waals surface area contributed by atoms with Crippen molar-refractivity contribution in [3.8, 4) is 0 Å². The van der Waals surface area contributed by atoms with Crippen LogP contribution in [0.25, 0.3) is 0 Å². The van der Waals surface area contributed by atoms with Crippen LogP contribution in [0.1, 0.15) is 40.2 Å². The van der Waals surface area contributed by atoms with Crippen LogP contribution in [0.4, 0.5) is 5.95 Å². The van der Waals surface area contributed by atoms with Crippen molar-refractivity contribution in [3.63, 3.8) is 0 Å². The van der Waals surface area contributed by atoms with E-state index in [-0.39, 0.29) is 5.91 Å². The zero-order valence-corrected chi connectivity index (χ0v) is 16.8. The summed E-state index contributed by atoms with van der Waals surface area (Å²) >= 11 is 0. The van der Waals surface area contributed by atoms with Crippen LogP contribution in [0, 0.1) is 6.92 Å². The Bertz CT molecular complexity index is 916. The van der Waals surface area contributed by atoms with Crippen LogP contribution >= 0.6 is 0 Å². The fourth-order valence-corrected chi connectivity index (χ4v) is 4.47. The van der Waals surface area contributed by atoms with Gasteiger partial charge in [-0.25, -0.2) is 9.97 Å². The number of benzene rings is 1.